The SMILES string of the molecule is COc1cc(Cl)ccc1NC(=O)COc1ccccc1C(=O)NC[C@H]1CCCO1. The van der Waals surface area contributed by atoms with E-state index < -0.39 is 0 Å². The number of anilines is 1. The second-order valence-corrected chi connectivity index (χ2v) is 6.96. The zero-order chi connectivity index (χ0) is 20.6. The summed E-state index contributed by atoms with van der Waals surface area (Å²) in [6.45, 7) is 0.916. The molecule has 0 unspecified atom stereocenters. The predicted molar refractivity (Wildman–Crippen MR) is 110 cm³/mol. The zero-order valence-electron chi connectivity index (χ0n) is 16.1. The third kappa shape index (κ3) is 5.85. The maximum atomic E-state index is 12.5. The Morgan fingerprint density at radius 2 is 2.03 bits per heavy atom. The summed E-state index contributed by atoms with van der Waals surface area (Å²) in [5, 5.41) is 6.06. The highest BCUT2D eigenvalue weighted by atomic mass is 35.5. The predicted octanol–water partition coefficient (Wildman–Crippen LogP) is 3.27. The highest BCUT2D eigenvalue weighted by Gasteiger charge is 2.19. The molecule has 1 saturated heterocycles. The van der Waals surface area contributed by atoms with Gasteiger partial charge in [0.05, 0.1) is 24.5 Å². The molecule has 0 saturated carbocycles. The van der Waals surface area contributed by atoms with Crippen LogP contribution in [0.2, 0.25) is 5.02 Å². The van der Waals surface area contributed by atoms with Gasteiger partial charge in [0, 0.05) is 24.2 Å². The third-order valence-corrected chi connectivity index (χ3v) is 4.68. The Morgan fingerprint density at radius 1 is 1.21 bits per heavy atom. The van der Waals surface area contributed by atoms with Crippen molar-refractivity contribution in [1.82, 2.24) is 5.32 Å². The van der Waals surface area contributed by atoms with Crippen molar-refractivity contribution in [2.24, 2.45) is 0 Å². The summed E-state index contributed by atoms with van der Waals surface area (Å²) in [6.07, 6.45) is 1.99. The Morgan fingerprint density at radius 3 is 2.79 bits per heavy atom. The summed E-state index contributed by atoms with van der Waals surface area (Å²) >= 11 is 5.92. The molecule has 8 heteroatoms. The molecule has 7 nitrogen and oxygen atoms in total. The molecule has 1 aliphatic heterocycles. The van der Waals surface area contributed by atoms with Gasteiger partial charge in [0.25, 0.3) is 11.8 Å². The van der Waals surface area contributed by atoms with Crippen molar-refractivity contribution >= 4 is 29.1 Å². The first-order valence-corrected chi connectivity index (χ1v) is 9.69. The first-order valence-electron chi connectivity index (χ1n) is 9.32. The molecule has 2 N–H and O–H groups in total. The molecule has 2 aromatic rings. The smallest absolute Gasteiger partial charge is 0.262 e. The van der Waals surface area contributed by atoms with Crippen LogP contribution in [0.4, 0.5) is 5.69 Å². The molecule has 0 radical (unpaired) electrons. The molecule has 0 bridgehead atoms. The number of ether oxygens (including phenoxy) is 3. The van der Waals surface area contributed by atoms with E-state index in [2.05, 4.69) is 10.6 Å². The molecule has 0 aromatic heterocycles. The molecule has 1 atom stereocenters. The van der Waals surface area contributed by atoms with E-state index in [1.807, 2.05) is 0 Å². The molecule has 3 rings (SSSR count). The second-order valence-electron chi connectivity index (χ2n) is 6.52. The maximum Gasteiger partial charge on any atom is 0.262 e. The number of hydrogen-bond donors (Lipinski definition) is 2. The van der Waals surface area contributed by atoms with Gasteiger partial charge in [-0.1, -0.05) is 23.7 Å². The fourth-order valence-electron chi connectivity index (χ4n) is 2.99. The first kappa shape index (κ1) is 21.0. The van der Waals surface area contributed by atoms with Crippen molar-refractivity contribution in [3.05, 3.63) is 53.1 Å². The van der Waals surface area contributed by atoms with Crippen molar-refractivity contribution in [1.29, 1.82) is 0 Å². The summed E-state index contributed by atoms with van der Waals surface area (Å²) in [7, 11) is 1.49. The van der Waals surface area contributed by atoms with E-state index in [4.69, 9.17) is 25.8 Å². The monoisotopic (exact) mass is 418 g/mol. The lowest BCUT2D eigenvalue weighted by atomic mass is 10.1. The minimum Gasteiger partial charge on any atom is -0.495 e. The highest BCUT2D eigenvalue weighted by Crippen LogP contribution is 2.27. The molecular formula is C21H23ClN2O5. The Balaban J connectivity index is 1.57. The lowest BCUT2D eigenvalue weighted by molar-refractivity contribution is -0.118. The van der Waals surface area contributed by atoms with Crippen LogP contribution >= 0.6 is 11.6 Å². The van der Waals surface area contributed by atoms with E-state index in [0.717, 1.165) is 19.4 Å². The van der Waals surface area contributed by atoms with Crippen molar-refractivity contribution in [2.45, 2.75) is 18.9 Å². The minimum atomic E-state index is -0.389. The Kier molecular flexibility index (Phi) is 7.32. The van der Waals surface area contributed by atoms with Gasteiger partial charge in [-0.05, 0) is 37.1 Å². The van der Waals surface area contributed by atoms with E-state index in [0.29, 0.717) is 34.3 Å². The lowest BCUT2D eigenvalue weighted by Crippen LogP contribution is -2.32. The summed E-state index contributed by atoms with van der Waals surface area (Å²) in [5.41, 5.74) is 0.843. The second kappa shape index (κ2) is 10.1. The normalized spacial score (nSPS) is 15.6. The number of nitrogens with one attached hydrogen (secondary N) is 2. The zero-order valence-corrected chi connectivity index (χ0v) is 16.8. The average Bonchev–Trinajstić information content (AvgIpc) is 3.25. The fraction of sp³-hybridized carbons (Fsp3) is 0.333. The number of halogens is 1. The van der Waals surface area contributed by atoms with Gasteiger partial charge in [-0.3, -0.25) is 9.59 Å². The van der Waals surface area contributed by atoms with Crippen LogP contribution in [0.25, 0.3) is 0 Å². The molecular weight excluding hydrogens is 396 g/mol. The number of carbonyl (C=O) groups is 2. The molecule has 1 aliphatic rings. The minimum absolute atomic E-state index is 0.0483. The standard InChI is InChI=1S/C21H23ClN2O5/c1-27-19-11-14(22)8-9-17(19)24-20(25)13-29-18-7-3-2-6-16(18)21(26)23-12-15-5-4-10-28-15/h2-3,6-9,11,15H,4-5,10,12-13H2,1H3,(H,23,26)(H,24,25)/t15-/m1/s1. The number of hydrogen-bond acceptors (Lipinski definition) is 5. The number of para-hydroxylation sites is 1. The van der Waals surface area contributed by atoms with Gasteiger partial charge >= 0.3 is 0 Å². The lowest BCUT2D eigenvalue weighted by Gasteiger charge is -2.14. The van der Waals surface area contributed by atoms with E-state index in [1.54, 1.807) is 42.5 Å². The van der Waals surface area contributed by atoms with Gasteiger partial charge in [0.1, 0.15) is 11.5 Å². The topological polar surface area (TPSA) is 85.9 Å². The summed E-state index contributed by atoms with van der Waals surface area (Å²) in [5.74, 6) is 0.117. The summed E-state index contributed by atoms with van der Waals surface area (Å²) < 4.78 is 16.3. The molecule has 2 amide bonds. The van der Waals surface area contributed by atoms with Gasteiger partial charge in [0.15, 0.2) is 6.61 Å². The Hall–Kier alpha value is -2.77. The molecule has 2 aromatic carbocycles. The van der Waals surface area contributed by atoms with Crippen LogP contribution in [0.3, 0.4) is 0 Å². The molecule has 1 fully saturated rings. The quantitative estimate of drug-likeness (QED) is 0.687. The maximum absolute atomic E-state index is 12.5. The fourth-order valence-corrected chi connectivity index (χ4v) is 3.15. The van der Waals surface area contributed by atoms with Crippen molar-refractivity contribution in [3.63, 3.8) is 0 Å². The van der Waals surface area contributed by atoms with E-state index in [-0.39, 0.29) is 24.5 Å². The van der Waals surface area contributed by atoms with Gasteiger partial charge in [-0.25, -0.2) is 0 Å². The molecule has 0 aliphatic carbocycles. The van der Waals surface area contributed by atoms with Crippen molar-refractivity contribution in [3.8, 4) is 11.5 Å². The van der Waals surface area contributed by atoms with Crippen LogP contribution in [0.5, 0.6) is 11.5 Å². The van der Waals surface area contributed by atoms with E-state index in [1.165, 1.54) is 7.11 Å². The van der Waals surface area contributed by atoms with E-state index in [9.17, 15) is 9.59 Å². The largest absolute Gasteiger partial charge is 0.495 e. The van der Waals surface area contributed by atoms with Crippen LogP contribution < -0.4 is 20.1 Å². The highest BCUT2D eigenvalue weighted by molar-refractivity contribution is 6.30. The van der Waals surface area contributed by atoms with E-state index >= 15 is 0 Å². The number of methoxy groups -OCH3 is 1. The molecule has 154 valence electrons. The Bertz CT molecular complexity index is 868. The van der Waals surface area contributed by atoms with Crippen LogP contribution in [0.15, 0.2) is 42.5 Å². The first-order chi connectivity index (χ1) is 14.1. The van der Waals surface area contributed by atoms with Crippen LogP contribution in [0, 0.1) is 0 Å². The summed E-state index contributed by atoms with van der Waals surface area (Å²) in [4.78, 5) is 24.8. The van der Waals surface area contributed by atoms with Crippen molar-refractivity contribution < 1.29 is 23.8 Å². The van der Waals surface area contributed by atoms with Crippen LogP contribution in [-0.2, 0) is 9.53 Å². The summed E-state index contributed by atoms with van der Waals surface area (Å²) in [6, 6.07) is 11.7. The third-order valence-electron chi connectivity index (χ3n) is 4.44. The van der Waals surface area contributed by atoms with Crippen LogP contribution in [0.1, 0.15) is 23.2 Å². The van der Waals surface area contributed by atoms with Crippen molar-refractivity contribution in [2.75, 3.05) is 32.2 Å². The number of carbonyl (C=O) groups excluding carboxylic acids is 2. The number of amides is 2. The van der Waals surface area contributed by atoms with Gasteiger partial charge < -0.3 is 24.8 Å². The average molecular weight is 419 g/mol. The van der Waals surface area contributed by atoms with Gasteiger partial charge in [0.2, 0.25) is 0 Å². The van der Waals surface area contributed by atoms with Crippen LogP contribution in [-0.4, -0.2) is 44.8 Å². The Labute approximate surface area is 174 Å². The molecule has 29 heavy (non-hydrogen) atoms. The molecule has 1 heterocycles. The number of benzene rings is 2. The van der Waals surface area contributed by atoms with Gasteiger partial charge in [-0.2, -0.15) is 0 Å². The van der Waals surface area contributed by atoms with Gasteiger partial charge in [-0.15, -0.1) is 0 Å². The molecule has 0 spiro atoms. The number of rotatable bonds is 8.